The number of hydrogen-bond acceptors (Lipinski definition) is 8. The van der Waals surface area contributed by atoms with Crippen molar-refractivity contribution in [1.82, 2.24) is 5.16 Å². The highest BCUT2D eigenvalue weighted by molar-refractivity contribution is 5.87. The lowest BCUT2D eigenvalue weighted by Crippen LogP contribution is -2.01. The van der Waals surface area contributed by atoms with Gasteiger partial charge in [0.05, 0.1) is 4.92 Å². The van der Waals surface area contributed by atoms with Gasteiger partial charge in [0.2, 0.25) is 0 Å². The van der Waals surface area contributed by atoms with Crippen LogP contribution >= 0.6 is 0 Å². The van der Waals surface area contributed by atoms with E-state index in [9.17, 15) is 20.0 Å². The van der Waals surface area contributed by atoms with Gasteiger partial charge in [0.1, 0.15) is 41.8 Å². The first-order chi connectivity index (χ1) is 19.5. The topological polar surface area (TPSA) is 134 Å². The smallest absolute Gasteiger partial charge is 0.358 e. The summed E-state index contributed by atoms with van der Waals surface area (Å²) in [5, 5.41) is 24.1. The molecule has 0 aliphatic carbocycles. The van der Waals surface area contributed by atoms with E-state index in [0.717, 1.165) is 11.1 Å². The Morgan fingerprint density at radius 2 is 1.40 bits per heavy atom. The van der Waals surface area contributed by atoms with Gasteiger partial charge >= 0.3 is 5.97 Å². The second-order valence-corrected chi connectivity index (χ2v) is 8.58. The van der Waals surface area contributed by atoms with Crippen LogP contribution in [0.25, 0.3) is 11.3 Å². The molecule has 0 saturated heterocycles. The van der Waals surface area contributed by atoms with E-state index in [1.165, 1.54) is 30.3 Å². The van der Waals surface area contributed by atoms with Gasteiger partial charge in [-0.25, -0.2) is 4.79 Å². The van der Waals surface area contributed by atoms with E-state index in [1.807, 2.05) is 60.7 Å². The average Bonchev–Trinajstić information content (AvgIpc) is 3.47. The second kappa shape index (κ2) is 11.8. The van der Waals surface area contributed by atoms with Gasteiger partial charge in [-0.05, 0) is 23.3 Å². The summed E-state index contributed by atoms with van der Waals surface area (Å²) < 4.78 is 23.8. The molecular formula is C30H22N2O8. The number of carbonyl (C=O) groups is 1. The van der Waals surface area contributed by atoms with Crippen LogP contribution in [-0.2, 0) is 13.2 Å². The molecule has 1 N–H and O–H groups in total. The van der Waals surface area contributed by atoms with E-state index in [1.54, 1.807) is 12.1 Å². The molecule has 10 nitrogen and oxygen atoms in total. The third-order valence-electron chi connectivity index (χ3n) is 5.78. The number of carboxylic acid groups (broad SMARTS) is 1. The van der Waals surface area contributed by atoms with Crippen LogP contribution in [0.3, 0.4) is 0 Å². The van der Waals surface area contributed by atoms with Crippen molar-refractivity contribution in [2.24, 2.45) is 0 Å². The van der Waals surface area contributed by atoms with Crippen molar-refractivity contribution >= 4 is 11.7 Å². The van der Waals surface area contributed by atoms with Gasteiger partial charge in [-0.2, -0.15) is 0 Å². The molecule has 0 unspecified atom stereocenters. The Labute approximate surface area is 228 Å². The lowest BCUT2D eigenvalue weighted by atomic mass is 10.1. The Kier molecular flexibility index (Phi) is 7.68. The molecule has 200 valence electrons. The molecule has 0 spiro atoms. The van der Waals surface area contributed by atoms with Gasteiger partial charge in [0.25, 0.3) is 5.69 Å². The zero-order valence-corrected chi connectivity index (χ0v) is 20.9. The van der Waals surface area contributed by atoms with E-state index in [4.69, 9.17) is 18.7 Å². The Balaban J connectivity index is 1.58. The number of aromatic carboxylic acids is 1. The molecule has 4 aromatic carbocycles. The normalized spacial score (nSPS) is 10.6. The molecule has 0 radical (unpaired) electrons. The minimum atomic E-state index is -1.26. The summed E-state index contributed by atoms with van der Waals surface area (Å²) >= 11 is 0. The first-order valence-corrected chi connectivity index (χ1v) is 12.1. The molecule has 0 amide bonds. The predicted molar refractivity (Wildman–Crippen MR) is 144 cm³/mol. The number of nitro groups is 1. The summed E-state index contributed by atoms with van der Waals surface area (Å²) in [6.07, 6.45) is 0. The van der Waals surface area contributed by atoms with Crippen LogP contribution in [0.2, 0.25) is 0 Å². The zero-order valence-electron chi connectivity index (χ0n) is 20.9. The van der Waals surface area contributed by atoms with E-state index in [0.29, 0.717) is 22.8 Å². The molecule has 5 aromatic rings. The van der Waals surface area contributed by atoms with Gasteiger partial charge in [0.15, 0.2) is 11.5 Å². The number of non-ortho nitro benzene ring substituents is 1. The van der Waals surface area contributed by atoms with Gasteiger partial charge in [-0.15, -0.1) is 0 Å². The van der Waals surface area contributed by atoms with Crippen molar-refractivity contribution in [3.05, 3.63) is 130 Å². The highest BCUT2D eigenvalue weighted by atomic mass is 16.6. The molecule has 1 aromatic heterocycles. The molecule has 0 fully saturated rings. The Bertz CT molecular complexity index is 1620. The fraction of sp³-hybridized carbons (Fsp3) is 0.0667. The number of benzene rings is 4. The zero-order chi connectivity index (χ0) is 27.9. The first-order valence-electron chi connectivity index (χ1n) is 12.1. The van der Waals surface area contributed by atoms with Crippen molar-refractivity contribution in [2.45, 2.75) is 13.2 Å². The van der Waals surface area contributed by atoms with Gasteiger partial charge in [-0.3, -0.25) is 10.1 Å². The van der Waals surface area contributed by atoms with E-state index >= 15 is 0 Å². The van der Waals surface area contributed by atoms with Crippen LogP contribution in [0, 0.1) is 10.1 Å². The molecule has 10 heteroatoms. The van der Waals surface area contributed by atoms with Crippen molar-refractivity contribution in [3.63, 3.8) is 0 Å². The maximum Gasteiger partial charge on any atom is 0.358 e. The number of ether oxygens (including phenoxy) is 3. The Morgan fingerprint density at radius 1 is 0.800 bits per heavy atom. The Hall–Kier alpha value is -5.64. The molecule has 0 saturated carbocycles. The lowest BCUT2D eigenvalue weighted by molar-refractivity contribution is -0.384. The fourth-order valence-electron chi connectivity index (χ4n) is 3.82. The number of hydrogen-bond donors (Lipinski definition) is 1. The van der Waals surface area contributed by atoms with Crippen LogP contribution in [0.4, 0.5) is 5.69 Å². The van der Waals surface area contributed by atoms with E-state index in [2.05, 4.69) is 5.16 Å². The highest BCUT2D eigenvalue weighted by Gasteiger charge is 2.23. The highest BCUT2D eigenvalue weighted by Crippen LogP contribution is 2.44. The molecule has 0 bridgehead atoms. The molecule has 0 atom stereocenters. The largest absolute Gasteiger partial charge is 0.489 e. The standard InChI is InChI=1S/C30H22N2O8/c33-30(34)25-17-28(40-31-25)29-26(38-19-21-9-5-2-6-10-21)15-24(37-18-20-7-3-1-4-8-20)16-27(29)39-23-13-11-22(12-14-23)32(35)36/h1-17H,18-19H2,(H,33,34). The maximum absolute atomic E-state index is 11.5. The summed E-state index contributed by atoms with van der Waals surface area (Å²) in [4.78, 5) is 22.1. The van der Waals surface area contributed by atoms with Gasteiger partial charge < -0.3 is 23.8 Å². The van der Waals surface area contributed by atoms with Crippen molar-refractivity contribution < 1.29 is 33.6 Å². The van der Waals surface area contributed by atoms with Crippen LogP contribution in [-0.4, -0.2) is 21.2 Å². The molecule has 5 rings (SSSR count). The number of rotatable bonds is 11. The van der Waals surface area contributed by atoms with Crippen LogP contribution in [0.15, 0.2) is 108 Å². The summed E-state index contributed by atoms with van der Waals surface area (Å²) in [6.45, 7) is 0.452. The molecule has 1 heterocycles. The summed E-state index contributed by atoms with van der Waals surface area (Å²) in [5.74, 6) is 0.0222. The fourth-order valence-corrected chi connectivity index (χ4v) is 3.82. The molecule has 0 aliphatic heterocycles. The van der Waals surface area contributed by atoms with E-state index in [-0.39, 0.29) is 36.1 Å². The SMILES string of the molecule is O=C(O)c1cc(-c2c(OCc3ccccc3)cc(OCc3ccccc3)cc2Oc2ccc([N+](=O)[O-])cc2)on1. The number of nitrogens with zero attached hydrogens (tertiary/aromatic N) is 2. The van der Waals surface area contributed by atoms with Crippen molar-refractivity contribution in [3.8, 4) is 34.3 Å². The molecule has 0 aliphatic rings. The maximum atomic E-state index is 11.5. The average molecular weight is 539 g/mol. The number of nitro benzene ring substituents is 1. The third kappa shape index (κ3) is 6.25. The minimum absolute atomic E-state index is 0.0898. The molecular weight excluding hydrogens is 516 g/mol. The summed E-state index contributed by atoms with van der Waals surface area (Å²) in [5.41, 5.74) is 1.74. The monoisotopic (exact) mass is 538 g/mol. The predicted octanol–water partition coefficient (Wildman–Crippen LogP) is 6.90. The second-order valence-electron chi connectivity index (χ2n) is 8.58. The first kappa shape index (κ1) is 26.0. The quantitative estimate of drug-likeness (QED) is 0.141. The summed E-state index contributed by atoms with van der Waals surface area (Å²) in [7, 11) is 0. The van der Waals surface area contributed by atoms with Crippen molar-refractivity contribution in [1.29, 1.82) is 0 Å². The minimum Gasteiger partial charge on any atom is -0.489 e. The summed E-state index contributed by atoms with van der Waals surface area (Å²) in [6, 6.07) is 29.1. The van der Waals surface area contributed by atoms with E-state index < -0.39 is 10.9 Å². The Morgan fingerprint density at radius 3 is 1.98 bits per heavy atom. The van der Waals surface area contributed by atoms with Crippen LogP contribution < -0.4 is 14.2 Å². The third-order valence-corrected chi connectivity index (χ3v) is 5.78. The number of carboxylic acids is 1. The van der Waals surface area contributed by atoms with Gasteiger partial charge in [0, 0.05) is 30.3 Å². The molecule has 40 heavy (non-hydrogen) atoms. The van der Waals surface area contributed by atoms with Crippen molar-refractivity contribution in [2.75, 3.05) is 0 Å². The lowest BCUT2D eigenvalue weighted by Gasteiger charge is -2.17. The van der Waals surface area contributed by atoms with Crippen LogP contribution in [0.1, 0.15) is 21.6 Å². The number of aromatic nitrogens is 1. The van der Waals surface area contributed by atoms with Gasteiger partial charge in [-0.1, -0.05) is 65.8 Å². The van der Waals surface area contributed by atoms with Crippen LogP contribution in [0.5, 0.6) is 23.0 Å².